The van der Waals surface area contributed by atoms with Crippen LogP contribution in [0.1, 0.15) is 36.7 Å². The fourth-order valence-corrected chi connectivity index (χ4v) is 3.20. The summed E-state index contributed by atoms with van der Waals surface area (Å²) in [6, 6.07) is 15.0. The van der Waals surface area contributed by atoms with Gasteiger partial charge in [-0.2, -0.15) is 0 Å². The summed E-state index contributed by atoms with van der Waals surface area (Å²) in [5.41, 5.74) is 2.00. The van der Waals surface area contributed by atoms with E-state index in [4.69, 9.17) is 10.1 Å². The molecule has 0 saturated carbocycles. The van der Waals surface area contributed by atoms with Gasteiger partial charge in [-0.25, -0.2) is 0 Å². The average Bonchev–Trinajstić information content (AvgIpc) is 2.67. The lowest BCUT2D eigenvalue weighted by atomic mass is 10.0. The Bertz CT molecular complexity index is 945. The van der Waals surface area contributed by atoms with Crippen molar-refractivity contribution in [2.75, 3.05) is 18.0 Å². The number of fused-ring (bicyclic) bond motifs is 1. The van der Waals surface area contributed by atoms with Gasteiger partial charge < -0.3 is 15.0 Å². The summed E-state index contributed by atoms with van der Waals surface area (Å²) >= 11 is 0. The number of carbonyl (C=O) groups excluding carboxylic acids is 2. The predicted molar refractivity (Wildman–Crippen MR) is 111 cm³/mol. The molecule has 2 aromatic carbocycles. The molecule has 7 heteroatoms. The highest BCUT2D eigenvalue weighted by molar-refractivity contribution is 5.96. The summed E-state index contributed by atoms with van der Waals surface area (Å²) in [4.78, 5) is 29.8. The first kappa shape index (κ1) is 20.3. The SMILES string of the molecule is CC(C)(C)NC(=O)c1ccc2c(c1)N(Cc1ccccc1)CC(C(=O)C[N+]#N)O2. The third-order valence-corrected chi connectivity index (χ3v) is 4.51. The molecule has 150 valence electrons. The highest BCUT2D eigenvalue weighted by Crippen LogP contribution is 2.35. The van der Waals surface area contributed by atoms with E-state index in [-0.39, 0.29) is 23.8 Å². The zero-order valence-electron chi connectivity index (χ0n) is 16.9. The quantitative estimate of drug-likeness (QED) is 0.787. The predicted octanol–water partition coefficient (Wildman–Crippen LogP) is 3.40. The lowest BCUT2D eigenvalue weighted by Gasteiger charge is -2.35. The van der Waals surface area contributed by atoms with Crippen LogP contribution in [0.15, 0.2) is 48.5 Å². The van der Waals surface area contributed by atoms with Crippen molar-refractivity contribution in [1.29, 1.82) is 5.39 Å². The maximum Gasteiger partial charge on any atom is 0.366 e. The number of hydrogen-bond acceptors (Lipinski definition) is 5. The number of carbonyl (C=O) groups is 2. The summed E-state index contributed by atoms with van der Waals surface area (Å²) in [7, 11) is 0. The minimum Gasteiger partial charge on any atom is -0.478 e. The fourth-order valence-electron chi connectivity index (χ4n) is 3.20. The van der Waals surface area contributed by atoms with Crippen LogP contribution in [0, 0.1) is 5.39 Å². The molecule has 0 aromatic heterocycles. The first-order valence-electron chi connectivity index (χ1n) is 9.52. The number of nitrogens with zero attached hydrogens (tertiary/aromatic N) is 3. The van der Waals surface area contributed by atoms with Gasteiger partial charge >= 0.3 is 6.54 Å². The van der Waals surface area contributed by atoms with Crippen molar-refractivity contribution in [1.82, 2.24) is 5.32 Å². The van der Waals surface area contributed by atoms with Crippen LogP contribution < -0.4 is 15.0 Å². The van der Waals surface area contributed by atoms with E-state index in [1.165, 1.54) is 0 Å². The second kappa shape index (κ2) is 8.31. The van der Waals surface area contributed by atoms with Crippen molar-refractivity contribution in [3.05, 3.63) is 64.6 Å². The van der Waals surface area contributed by atoms with Gasteiger partial charge in [0.25, 0.3) is 11.7 Å². The number of hydrogen-bond donors (Lipinski definition) is 1. The Morgan fingerprint density at radius 1 is 1.21 bits per heavy atom. The highest BCUT2D eigenvalue weighted by atomic mass is 16.5. The molecule has 1 N–H and O–H groups in total. The average molecular weight is 393 g/mol. The highest BCUT2D eigenvalue weighted by Gasteiger charge is 2.34. The molecule has 2 aromatic rings. The number of nitrogens with one attached hydrogen (secondary N) is 1. The van der Waals surface area contributed by atoms with E-state index in [1.54, 1.807) is 18.2 Å². The monoisotopic (exact) mass is 393 g/mol. The van der Waals surface area contributed by atoms with Gasteiger partial charge in [-0.05, 0) is 44.5 Å². The van der Waals surface area contributed by atoms with Crippen LogP contribution in [-0.4, -0.2) is 36.4 Å². The minimum absolute atomic E-state index is 0.169. The van der Waals surface area contributed by atoms with Gasteiger partial charge in [0.15, 0.2) is 6.10 Å². The van der Waals surface area contributed by atoms with E-state index in [2.05, 4.69) is 10.3 Å². The molecule has 1 amide bonds. The van der Waals surface area contributed by atoms with E-state index in [0.717, 1.165) is 11.3 Å². The lowest BCUT2D eigenvalue weighted by Crippen LogP contribution is -2.45. The number of rotatable bonds is 5. The maximum absolute atomic E-state index is 12.6. The van der Waals surface area contributed by atoms with Gasteiger partial charge in [0, 0.05) is 17.6 Å². The van der Waals surface area contributed by atoms with E-state index in [9.17, 15) is 9.59 Å². The molecule has 1 unspecified atom stereocenters. The maximum atomic E-state index is 12.6. The third kappa shape index (κ3) is 5.11. The Hall–Kier alpha value is -3.40. The van der Waals surface area contributed by atoms with Crippen LogP contribution in [0.4, 0.5) is 5.69 Å². The molecule has 7 nitrogen and oxygen atoms in total. The first-order chi connectivity index (χ1) is 13.8. The smallest absolute Gasteiger partial charge is 0.366 e. The summed E-state index contributed by atoms with van der Waals surface area (Å²) in [6.45, 7) is 6.33. The Kier molecular flexibility index (Phi) is 5.83. The van der Waals surface area contributed by atoms with Crippen LogP contribution >= 0.6 is 0 Å². The van der Waals surface area contributed by atoms with E-state index in [1.807, 2.05) is 56.0 Å². The number of Topliss-reactive ketones (excluding diaryl/α,β-unsaturated/α-hetero) is 1. The Morgan fingerprint density at radius 3 is 2.59 bits per heavy atom. The van der Waals surface area contributed by atoms with E-state index < -0.39 is 6.10 Å². The molecule has 1 atom stereocenters. The number of benzene rings is 2. The number of amides is 1. The molecule has 0 aliphatic carbocycles. The molecular weight excluding hydrogens is 368 g/mol. The molecule has 29 heavy (non-hydrogen) atoms. The molecule has 1 aliphatic rings. The molecule has 0 fully saturated rings. The second-order valence-electron chi connectivity index (χ2n) is 8.13. The van der Waals surface area contributed by atoms with Crippen LogP contribution in [0.2, 0.25) is 0 Å². The Balaban J connectivity index is 1.93. The molecule has 0 bridgehead atoms. The van der Waals surface area contributed by atoms with Crippen molar-refractivity contribution in [2.24, 2.45) is 0 Å². The molecule has 0 radical (unpaired) electrons. The standard InChI is InChI=1S/C22H24N4O3/c1-22(2,3)25-21(28)16-9-10-19-17(11-16)26(13-15-7-5-4-6-8-15)14-20(29-19)18(27)12-24-23/h4-11,20H,12-14H2,1-3H3/p+1. The molecular formula is C22H25N4O3+. The Labute approximate surface area is 170 Å². The lowest BCUT2D eigenvalue weighted by molar-refractivity contribution is -0.123. The normalized spacial score (nSPS) is 15.7. The van der Waals surface area contributed by atoms with Gasteiger partial charge in [0.05, 0.1) is 12.2 Å². The Morgan fingerprint density at radius 2 is 1.93 bits per heavy atom. The number of ketones is 1. The van der Waals surface area contributed by atoms with Crippen molar-refractivity contribution in [2.45, 2.75) is 39.0 Å². The number of ether oxygens (including phenoxy) is 1. The largest absolute Gasteiger partial charge is 0.478 e. The summed E-state index contributed by atoms with van der Waals surface area (Å²) in [6.07, 6.45) is -0.739. The zero-order chi connectivity index (χ0) is 21.0. The molecule has 1 heterocycles. The second-order valence-corrected chi connectivity index (χ2v) is 8.13. The minimum atomic E-state index is -0.739. The van der Waals surface area contributed by atoms with Crippen molar-refractivity contribution in [3.63, 3.8) is 0 Å². The topological polar surface area (TPSA) is 86.8 Å². The summed E-state index contributed by atoms with van der Waals surface area (Å²) in [5, 5.41) is 11.7. The van der Waals surface area contributed by atoms with Gasteiger partial charge in [-0.1, -0.05) is 30.3 Å². The van der Waals surface area contributed by atoms with Gasteiger partial charge in [-0.15, -0.1) is 0 Å². The van der Waals surface area contributed by atoms with Crippen molar-refractivity contribution >= 4 is 17.4 Å². The van der Waals surface area contributed by atoms with Gasteiger partial charge in [0.2, 0.25) is 5.39 Å². The number of diazo groups is 1. The van der Waals surface area contributed by atoms with Crippen molar-refractivity contribution in [3.8, 4) is 5.75 Å². The van der Waals surface area contributed by atoms with Crippen LogP contribution in [0.3, 0.4) is 0 Å². The van der Waals surface area contributed by atoms with E-state index >= 15 is 0 Å². The van der Waals surface area contributed by atoms with Crippen LogP contribution in [0.5, 0.6) is 5.75 Å². The molecule has 0 spiro atoms. The third-order valence-electron chi connectivity index (χ3n) is 4.51. The van der Waals surface area contributed by atoms with Gasteiger partial charge in [0.1, 0.15) is 10.7 Å². The van der Waals surface area contributed by atoms with Crippen LogP contribution in [0.25, 0.3) is 4.98 Å². The van der Waals surface area contributed by atoms with Crippen LogP contribution in [-0.2, 0) is 11.3 Å². The van der Waals surface area contributed by atoms with E-state index in [0.29, 0.717) is 24.4 Å². The van der Waals surface area contributed by atoms with Crippen molar-refractivity contribution < 1.29 is 14.3 Å². The fraction of sp³-hybridized carbons (Fsp3) is 0.364. The summed E-state index contributed by atoms with van der Waals surface area (Å²) < 4.78 is 5.86. The molecule has 0 saturated heterocycles. The molecule has 1 aliphatic heterocycles. The van der Waals surface area contributed by atoms with Gasteiger partial charge in [-0.3, -0.25) is 9.59 Å². The zero-order valence-corrected chi connectivity index (χ0v) is 16.9. The summed E-state index contributed by atoms with van der Waals surface area (Å²) in [5.74, 6) is 0.0544. The first-order valence-corrected chi connectivity index (χ1v) is 9.52. The molecule has 3 rings (SSSR count). The number of anilines is 1.